The average molecular weight is 1170 g/mol. The molecule has 83 heavy (non-hydrogen) atoms. The van der Waals surface area contributed by atoms with Crippen molar-refractivity contribution in [2.75, 3.05) is 106 Å². The minimum Gasteiger partial charge on any atom is -0.492 e. The fourth-order valence-corrected chi connectivity index (χ4v) is 7.61. The highest BCUT2D eigenvalue weighted by Gasteiger charge is 2.24. The van der Waals surface area contributed by atoms with E-state index in [4.69, 9.17) is 47.4 Å². The molecular formula is C61H96N4O18. The summed E-state index contributed by atoms with van der Waals surface area (Å²) in [5.74, 6) is -0.412. The van der Waals surface area contributed by atoms with Crippen molar-refractivity contribution in [1.82, 2.24) is 21.3 Å². The summed E-state index contributed by atoms with van der Waals surface area (Å²) in [6.45, 7) is 16.6. The van der Waals surface area contributed by atoms with Crippen LogP contribution in [0.1, 0.15) is 137 Å². The number of ketones is 3. The summed E-state index contributed by atoms with van der Waals surface area (Å²) < 4.78 is 54.9. The number of Topliss-reactive ketones (excluding diaryl/α,β-unsaturated/α-hetero) is 3. The van der Waals surface area contributed by atoms with E-state index in [1.54, 1.807) is 85.1 Å². The molecule has 0 unspecified atom stereocenters. The van der Waals surface area contributed by atoms with Crippen LogP contribution in [0.4, 0.5) is 4.79 Å². The van der Waals surface area contributed by atoms with E-state index in [1.165, 1.54) is 0 Å². The van der Waals surface area contributed by atoms with Crippen molar-refractivity contribution in [3.05, 3.63) is 59.7 Å². The topological polar surface area (TPSA) is 277 Å². The molecule has 0 saturated carbocycles. The Balaban J connectivity index is 1.90. The maximum Gasteiger partial charge on any atom is 0.407 e. The van der Waals surface area contributed by atoms with Gasteiger partial charge in [-0.15, -0.1) is 0 Å². The summed E-state index contributed by atoms with van der Waals surface area (Å²) in [6.07, 6.45) is 3.34. The molecule has 2 aromatic rings. The van der Waals surface area contributed by atoms with Gasteiger partial charge < -0.3 is 68.6 Å². The van der Waals surface area contributed by atoms with Gasteiger partial charge in [0.25, 0.3) is 0 Å². The SMILES string of the molecule is CCCOCCC(=O)N[C@@H](Cc1ccc(OCCOCCC(=O)OC(C)(C)C)cc1)C(=O)CCCOCCC(=O)N[C@@H](Cc1ccc(OCCNC(=O)OC(C)(C)C)cc1)C(=O)CCCOCCC(=O)NCCOCCC(=O)CCCOC. The molecular weight excluding hydrogens is 1080 g/mol. The summed E-state index contributed by atoms with van der Waals surface area (Å²) in [5.41, 5.74) is 0.384. The second kappa shape index (κ2) is 43.6. The van der Waals surface area contributed by atoms with Crippen LogP contribution in [-0.2, 0) is 84.3 Å². The monoisotopic (exact) mass is 1170 g/mol. The first-order valence-electron chi connectivity index (χ1n) is 29.1. The van der Waals surface area contributed by atoms with E-state index < -0.39 is 35.3 Å². The third kappa shape index (κ3) is 40.0. The smallest absolute Gasteiger partial charge is 0.407 e. The van der Waals surface area contributed by atoms with Crippen molar-refractivity contribution >= 4 is 47.1 Å². The third-order valence-corrected chi connectivity index (χ3v) is 11.7. The Morgan fingerprint density at radius 3 is 1.40 bits per heavy atom. The van der Waals surface area contributed by atoms with E-state index in [0.29, 0.717) is 63.4 Å². The summed E-state index contributed by atoms with van der Waals surface area (Å²) in [5, 5.41) is 11.1. The Labute approximate surface area is 491 Å². The number of methoxy groups -OCH3 is 1. The van der Waals surface area contributed by atoms with Gasteiger partial charge in [0.2, 0.25) is 17.7 Å². The molecule has 22 heteroatoms. The van der Waals surface area contributed by atoms with Crippen LogP contribution in [0, 0.1) is 0 Å². The number of alkyl carbamates (subject to hydrolysis) is 1. The molecule has 2 rings (SSSR count). The number of hydrogen-bond donors (Lipinski definition) is 4. The summed E-state index contributed by atoms with van der Waals surface area (Å²) in [4.78, 5) is 102. The largest absolute Gasteiger partial charge is 0.492 e. The molecule has 2 aromatic carbocycles. The zero-order valence-electron chi connectivity index (χ0n) is 50.6. The summed E-state index contributed by atoms with van der Waals surface area (Å²) in [6, 6.07) is 12.6. The van der Waals surface area contributed by atoms with Gasteiger partial charge in [-0.05, 0) is 115 Å². The fourth-order valence-electron chi connectivity index (χ4n) is 7.61. The minimum atomic E-state index is -0.871. The van der Waals surface area contributed by atoms with Crippen molar-refractivity contribution in [3.63, 3.8) is 0 Å². The van der Waals surface area contributed by atoms with Crippen molar-refractivity contribution in [1.29, 1.82) is 0 Å². The van der Waals surface area contributed by atoms with Gasteiger partial charge in [0.15, 0.2) is 11.6 Å². The Hall–Kier alpha value is -6.04. The molecule has 468 valence electrons. The normalized spacial score (nSPS) is 12.1. The third-order valence-electron chi connectivity index (χ3n) is 11.7. The van der Waals surface area contributed by atoms with E-state index >= 15 is 0 Å². The first kappa shape index (κ1) is 73.1. The van der Waals surface area contributed by atoms with Gasteiger partial charge in [0.05, 0.1) is 71.3 Å². The van der Waals surface area contributed by atoms with Crippen LogP contribution in [0.5, 0.6) is 11.5 Å². The lowest BCUT2D eigenvalue weighted by atomic mass is 9.99. The summed E-state index contributed by atoms with van der Waals surface area (Å²) in [7, 11) is 1.59. The number of amides is 4. The molecule has 0 bridgehead atoms. The van der Waals surface area contributed by atoms with Crippen LogP contribution >= 0.6 is 0 Å². The Bertz CT molecular complexity index is 2180. The van der Waals surface area contributed by atoms with Gasteiger partial charge in [-0.3, -0.25) is 33.6 Å². The van der Waals surface area contributed by atoms with Crippen molar-refractivity contribution in [3.8, 4) is 11.5 Å². The molecule has 2 atom stereocenters. The highest BCUT2D eigenvalue weighted by Crippen LogP contribution is 2.17. The molecule has 22 nitrogen and oxygen atoms in total. The number of benzene rings is 2. The van der Waals surface area contributed by atoms with Crippen molar-refractivity contribution < 1.29 is 85.7 Å². The Morgan fingerprint density at radius 2 is 0.880 bits per heavy atom. The molecule has 0 saturated heterocycles. The molecule has 0 heterocycles. The number of esters is 1. The lowest BCUT2D eigenvalue weighted by Gasteiger charge is -2.19. The number of hydrogen-bond acceptors (Lipinski definition) is 18. The lowest BCUT2D eigenvalue weighted by Crippen LogP contribution is -2.43. The van der Waals surface area contributed by atoms with Crippen LogP contribution in [0.15, 0.2) is 48.5 Å². The first-order valence-corrected chi connectivity index (χ1v) is 29.1. The maximum atomic E-state index is 13.7. The number of ether oxygens (including phenoxy) is 10. The van der Waals surface area contributed by atoms with Gasteiger partial charge >= 0.3 is 12.1 Å². The minimum absolute atomic E-state index is 0.0332. The molecule has 0 spiro atoms. The van der Waals surface area contributed by atoms with Gasteiger partial charge in [-0.2, -0.15) is 0 Å². The highest BCUT2D eigenvalue weighted by molar-refractivity contribution is 5.90. The number of rotatable bonds is 48. The Morgan fingerprint density at radius 1 is 0.434 bits per heavy atom. The van der Waals surface area contributed by atoms with Gasteiger partial charge in [-0.25, -0.2) is 4.79 Å². The molecule has 0 aliphatic heterocycles. The molecule has 0 aromatic heterocycles. The second-order valence-corrected chi connectivity index (χ2v) is 21.6. The number of carbonyl (C=O) groups is 8. The Kier molecular flexibility index (Phi) is 38.4. The average Bonchev–Trinajstić information content (AvgIpc) is 3.53. The van der Waals surface area contributed by atoms with Crippen molar-refractivity contribution in [2.45, 2.75) is 162 Å². The maximum absolute atomic E-state index is 13.7. The zero-order chi connectivity index (χ0) is 61.1. The van der Waals surface area contributed by atoms with Crippen LogP contribution in [0.25, 0.3) is 0 Å². The molecule has 0 fully saturated rings. The zero-order valence-corrected chi connectivity index (χ0v) is 50.6. The fraction of sp³-hybridized carbons (Fsp3) is 0.672. The van der Waals surface area contributed by atoms with Gasteiger partial charge in [0.1, 0.15) is 41.7 Å². The van der Waals surface area contributed by atoms with E-state index in [1.807, 2.05) is 19.1 Å². The molecule has 0 radical (unpaired) electrons. The molecule has 4 amide bonds. The van der Waals surface area contributed by atoms with Crippen molar-refractivity contribution in [2.24, 2.45) is 0 Å². The molecule has 0 aliphatic rings. The predicted octanol–water partition coefficient (Wildman–Crippen LogP) is 6.32. The standard InChI is InChI=1S/C61H96N4O18/c1-9-31-75-37-26-56(70)64-51(45-47-18-22-50(23-19-47)81-43-42-79-39-28-58(72)82-60(2,3)4)54(68)15-12-34-77-38-27-57(71)65-52(44-46-16-20-49(21-17-46)80-41-30-63-59(73)83-61(5,6)7)53(67)14-11-33-76-36-25-55(69)62-29-40-78-35-24-48(66)13-10-32-74-8/h16-23,51-52H,9-15,24-45H2,1-8H3,(H,62,69)(H,63,73)(H,64,70)(H,65,71)/t51-,52-/m0/s1. The number of nitrogens with one attached hydrogen (secondary N) is 4. The van der Waals surface area contributed by atoms with Gasteiger partial charge in [0, 0.05) is 85.0 Å². The predicted molar refractivity (Wildman–Crippen MR) is 310 cm³/mol. The van der Waals surface area contributed by atoms with E-state index in [-0.39, 0.29) is 166 Å². The van der Waals surface area contributed by atoms with Crippen LogP contribution in [0.2, 0.25) is 0 Å². The number of carbonyl (C=O) groups excluding carboxylic acids is 8. The highest BCUT2D eigenvalue weighted by atomic mass is 16.6. The second-order valence-electron chi connectivity index (χ2n) is 21.6. The van der Waals surface area contributed by atoms with Gasteiger partial charge in [-0.1, -0.05) is 31.2 Å². The van der Waals surface area contributed by atoms with E-state index in [0.717, 1.165) is 17.5 Å². The molecule has 0 aliphatic carbocycles. The molecule has 4 N–H and O–H groups in total. The lowest BCUT2D eigenvalue weighted by molar-refractivity contribution is -0.156. The van der Waals surface area contributed by atoms with Crippen LogP contribution < -0.4 is 30.7 Å². The van der Waals surface area contributed by atoms with Crippen LogP contribution in [-0.4, -0.2) is 177 Å². The van der Waals surface area contributed by atoms with Crippen LogP contribution in [0.3, 0.4) is 0 Å². The van der Waals surface area contributed by atoms with E-state index in [2.05, 4.69) is 21.3 Å². The van der Waals surface area contributed by atoms with E-state index in [9.17, 15) is 38.4 Å². The quantitative estimate of drug-likeness (QED) is 0.0417. The summed E-state index contributed by atoms with van der Waals surface area (Å²) >= 11 is 0. The first-order chi connectivity index (χ1) is 39.7.